The summed E-state index contributed by atoms with van der Waals surface area (Å²) in [5, 5.41) is 17.2. The number of thiazole rings is 1. The number of nitrogens with one attached hydrogen (secondary N) is 2. The van der Waals surface area contributed by atoms with Crippen LogP contribution in [0.15, 0.2) is 5.38 Å². The molecule has 1 fully saturated rings. The van der Waals surface area contributed by atoms with Gasteiger partial charge in [0, 0.05) is 24.8 Å². The smallest absolute Gasteiger partial charge is 0.270 e. The number of aromatic nitrogens is 1. The highest BCUT2D eigenvalue weighted by molar-refractivity contribution is 7.14. The van der Waals surface area contributed by atoms with E-state index in [0.717, 1.165) is 25.7 Å². The van der Waals surface area contributed by atoms with Gasteiger partial charge >= 0.3 is 0 Å². The summed E-state index contributed by atoms with van der Waals surface area (Å²) in [6.07, 6.45) is 3.58. The lowest BCUT2D eigenvalue weighted by atomic mass is 9.86. The van der Waals surface area contributed by atoms with Crippen molar-refractivity contribution in [1.29, 1.82) is 0 Å². The van der Waals surface area contributed by atoms with Crippen LogP contribution >= 0.6 is 11.3 Å². The molecule has 7 heteroatoms. The topological polar surface area (TPSA) is 91.3 Å². The van der Waals surface area contributed by atoms with Crippen molar-refractivity contribution in [2.75, 3.05) is 11.9 Å². The van der Waals surface area contributed by atoms with E-state index in [4.69, 9.17) is 0 Å². The van der Waals surface area contributed by atoms with E-state index in [1.807, 2.05) is 0 Å². The monoisotopic (exact) mass is 297 g/mol. The summed E-state index contributed by atoms with van der Waals surface area (Å²) < 4.78 is 0. The molecule has 2 atom stereocenters. The maximum Gasteiger partial charge on any atom is 0.270 e. The fraction of sp³-hybridized carbons (Fsp3) is 0.615. The molecule has 2 rings (SSSR count). The van der Waals surface area contributed by atoms with Crippen LogP contribution in [-0.2, 0) is 4.79 Å². The summed E-state index contributed by atoms with van der Waals surface area (Å²) in [6.45, 7) is 1.86. The van der Waals surface area contributed by atoms with Crippen molar-refractivity contribution in [1.82, 2.24) is 10.3 Å². The number of nitrogens with zero attached hydrogens (tertiary/aromatic N) is 1. The van der Waals surface area contributed by atoms with E-state index < -0.39 is 0 Å². The molecule has 0 aromatic carbocycles. The van der Waals surface area contributed by atoms with Gasteiger partial charge in [-0.25, -0.2) is 4.98 Å². The number of hydrogen-bond acceptors (Lipinski definition) is 5. The van der Waals surface area contributed by atoms with Crippen LogP contribution in [0, 0.1) is 5.92 Å². The number of aliphatic hydroxyl groups excluding tert-OH is 1. The minimum atomic E-state index is -0.325. The number of carbonyl (C=O) groups excluding carboxylic acids is 2. The predicted octanol–water partition coefficient (Wildman–Crippen LogP) is 1.38. The van der Waals surface area contributed by atoms with E-state index in [0.29, 0.717) is 17.4 Å². The Labute approximate surface area is 121 Å². The second kappa shape index (κ2) is 6.81. The van der Waals surface area contributed by atoms with E-state index in [1.54, 1.807) is 5.38 Å². The second-order valence-electron chi connectivity index (χ2n) is 5.04. The van der Waals surface area contributed by atoms with Gasteiger partial charge in [-0.15, -0.1) is 11.3 Å². The molecule has 1 aromatic heterocycles. The van der Waals surface area contributed by atoms with Crippen LogP contribution in [0.4, 0.5) is 5.13 Å². The van der Waals surface area contributed by atoms with Gasteiger partial charge in [0.05, 0.1) is 6.10 Å². The van der Waals surface area contributed by atoms with E-state index in [2.05, 4.69) is 15.6 Å². The molecule has 1 aliphatic carbocycles. The quantitative estimate of drug-likeness (QED) is 0.783. The molecule has 2 unspecified atom stereocenters. The first-order valence-corrected chi connectivity index (χ1v) is 7.63. The molecule has 0 aliphatic heterocycles. The van der Waals surface area contributed by atoms with Crippen molar-refractivity contribution in [2.24, 2.45) is 5.92 Å². The fourth-order valence-corrected chi connectivity index (χ4v) is 3.06. The lowest BCUT2D eigenvalue weighted by Crippen LogP contribution is -2.36. The van der Waals surface area contributed by atoms with Crippen LogP contribution in [0.5, 0.6) is 0 Å². The van der Waals surface area contributed by atoms with Crippen molar-refractivity contribution in [3.8, 4) is 0 Å². The highest BCUT2D eigenvalue weighted by Gasteiger charge is 2.23. The van der Waals surface area contributed by atoms with Gasteiger partial charge in [0.1, 0.15) is 5.69 Å². The van der Waals surface area contributed by atoms with Crippen molar-refractivity contribution in [3.05, 3.63) is 11.1 Å². The van der Waals surface area contributed by atoms with Crippen LogP contribution in [0.1, 0.15) is 43.1 Å². The number of amides is 2. The summed E-state index contributed by atoms with van der Waals surface area (Å²) in [5.41, 5.74) is 0.295. The largest absolute Gasteiger partial charge is 0.393 e. The Kier molecular flexibility index (Phi) is 5.08. The summed E-state index contributed by atoms with van der Waals surface area (Å²) in [5.74, 6) is -0.353. The number of aliphatic hydroxyl groups is 1. The van der Waals surface area contributed by atoms with Crippen molar-refractivity contribution in [3.63, 3.8) is 0 Å². The minimum Gasteiger partial charge on any atom is -0.393 e. The lowest BCUT2D eigenvalue weighted by molar-refractivity contribution is -0.114. The zero-order chi connectivity index (χ0) is 14.5. The first-order valence-electron chi connectivity index (χ1n) is 6.75. The number of hydrogen-bond donors (Lipinski definition) is 3. The van der Waals surface area contributed by atoms with Gasteiger partial charge in [0.15, 0.2) is 5.13 Å². The molecule has 1 aromatic rings. The Morgan fingerprint density at radius 1 is 1.45 bits per heavy atom. The van der Waals surface area contributed by atoms with Gasteiger partial charge < -0.3 is 15.7 Å². The maximum atomic E-state index is 11.9. The third kappa shape index (κ3) is 4.01. The SMILES string of the molecule is CC(=O)Nc1nc(C(=O)NCC2CCCCC2O)cs1. The Hall–Kier alpha value is -1.47. The molecular formula is C13H19N3O3S. The van der Waals surface area contributed by atoms with Crippen molar-refractivity contribution < 1.29 is 14.7 Å². The third-order valence-corrected chi connectivity index (χ3v) is 4.17. The lowest BCUT2D eigenvalue weighted by Gasteiger charge is -2.27. The molecule has 0 radical (unpaired) electrons. The van der Waals surface area contributed by atoms with Crippen LogP contribution in [0.2, 0.25) is 0 Å². The highest BCUT2D eigenvalue weighted by Crippen LogP contribution is 2.23. The molecule has 1 saturated carbocycles. The van der Waals surface area contributed by atoms with Gasteiger partial charge in [-0.2, -0.15) is 0 Å². The summed E-state index contributed by atoms with van der Waals surface area (Å²) in [6, 6.07) is 0. The van der Waals surface area contributed by atoms with Crippen molar-refractivity contribution in [2.45, 2.75) is 38.7 Å². The third-order valence-electron chi connectivity index (χ3n) is 3.41. The van der Waals surface area contributed by atoms with Gasteiger partial charge in [0.2, 0.25) is 5.91 Å². The summed E-state index contributed by atoms with van der Waals surface area (Å²) in [7, 11) is 0. The van der Waals surface area contributed by atoms with Gasteiger partial charge in [-0.05, 0) is 12.8 Å². The average Bonchev–Trinajstić information content (AvgIpc) is 2.85. The molecule has 3 N–H and O–H groups in total. The molecule has 6 nitrogen and oxygen atoms in total. The summed E-state index contributed by atoms with van der Waals surface area (Å²) in [4.78, 5) is 26.9. The first kappa shape index (κ1) is 14.9. The number of rotatable bonds is 4. The zero-order valence-corrected chi connectivity index (χ0v) is 12.2. The van der Waals surface area contributed by atoms with E-state index in [9.17, 15) is 14.7 Å². The number of carbonyl (C=O) groups is 2. The molecule has 1 aliphatic rings. The van der Waals surface area contributed by atoms with Crippen LogP contribution < -0.4 is 10.6 Å². The molecule has 0 spiro atoms. The van der Waals surface area contributed by atoms with Crippen LogP contribution in [0.25, 0.3) is 0 Å². The molecule has 2 amide bonds. The molecule has 110 valence electrons. The van der Waals surface area contributed by atoms with Gasteiger partial charge in [-0.3, -0.25) is 9.59 Å². The average molecular weight is 297 g/mol. The molecule has 20 heavy (non-hydrogen) atoms. The van der Waals surface area contributed by atoms with E-state index in [1.165, 1.54) is 18.3 Å². The van der Waals surface area contributed by atoms with E-state index >= 15 is 0 Å². The summed E-state index contributed by atoms with van der Waals surface area (Å²) >= 11 is 1.21. The second-order valence-corrected chi connectivity index (χ2v) is 5.90. The maximum absolute atomic E-state index is 11.9. The van der Waals surface area contributed by atoms with Crippen LogP contribution in [0.3, 0.4) is 0 Å². The standard InChI is InChI=1S/C13H19N3O3S/c1-8(17)15-13-16-10(7-20-13)12(19)14-6-9-4-2-3-5-11(9)18/h7,9,11,18H,2-6H2,1H3,(H,14,19)(H,15,16,17). The number of anilines is 1. The Morgan fingerprint density at radius 2 is 2.20 bits per heavy atom. The molecule has 0 saturated heterocycles. The fourth-order valence-electron chi connectivity index (χ4n) is 2.33. The Balaban J connectivity index is 1.85. The molecular weight excluding hydrogens is 278 g/mol. The molecule has 1 heterocycles. The van der Waals surface area contributed by atoms with Gasteiger partial charge in [0.25, 0.3) is 5.91 Å². The molecule has 0 bridgehead atoms. The normalized spacial score (nSPS) is 22.3. The Bertz CT molecular complexity index is 489. The Morgan fingerprint density at radius 3 is 2.90 bits per heavy atom. The minimum absolute atomic E-state index is 0.126. The predicted molar refractivity (Wildman–Crippen MR) is 76.7 cm³/mol. The van der Waals surface area contributed by atoms with E-state index in [-0.39, 0.29) is 23.8 Å². The van der Waals surface area contributed by atoms with Gasteiger partial charge in [-0.1, -0.05) is 12.8 Å². The van der Waals surface area contributed by atoms with Crippen LogP contribution in [-0.4, -0.2) is 34.6 Å². The highest BCUT2D eigenvalue weighted by atomic mass is 32.1. The zero-order valence-electron chi connectivity index (χ0n) is 11.4. The van der Waals surface area contributed by atoms with Crippen molar-refractivity contribution >= 4 is 28.3 Å². The first-order chi connectivity index (χ1) is 9.56.